The van der Waals surface area contributed by atoms with Crippen molar-refractivity contribution in [3.63, 3.8) is 0 Å². The zero-order chi connectivity index (χ0) is 25.0. The van der Waals surface area contributed by atoms with Gasteiger partial charge in [-0.3, -0.25) is 4.90 Å². The van der Waals surface area contributed by atoms with Crippen molar-refractivity contribution in [2.45, 2.75) is 49.3 Å². The van der Waals surface area contributed by atoms with Gasteiger partial charge in [0.1, 0.15) is 42.5 Å². The third kappa shape index (κ3) is 7.40. The van der Waals surface area contributed by atoms with Crippen LogP contribution in [0.5, 0.6) is 5.75 Å². The third-order valence-corrected chi connectivity index (χ3v) is 5.63. The van der Waals surface area contributed by atoms with Crippen LogP contribution in [0.25, 0.3) is 0 Å². The zero-order valence-electron chi connectivity index (χ0n) is 19.1. The predicted molar refractivity (Wildman–Crippen MR) is 110 cm³/mol. The standard InChI is InChI=1S/C23H26F3NO7.Na/c1-27(21-19(30)17(28)18(29)20(34-21)22(31)32)12-11-16(13-5-3-2-4-6-13)33-15-9-7-14(8-10-15)23(24,25)26;/h2-10,16-21,28-30H,11-12H2,1H3,(H,31,32);/q;+1/p-1/t16?,17?,18-,19?,20?,21-;/m1./s1. The number of likely N-dealkylation sites (N-methyl/N-ethyl adjacent to an activating group) is 1. The Balaban J connectivity index is 0.00000432. The maximum Gasteiger partial charge on any atom is 1.00 e. The number of rotatable bonds is 8. The summed E-state index contributed by atoms with van der Waals surface area (Å²) in [4.78, 5) is 12.7. The van der Waals surface area contributed by atoms with Crippen molar-refractivity contribution in [3.05, 3.63) is 65.7 Å². The number of carboxylic acids is 1. The van der Waals surface area contributed by atoms with Gasteiger partial charge in [0.15, 0.2) is 0 Å². The molecule has 0 bridgehead atoms. The van der Waals surface area contributed by atoms with E-state index in [4.69, 9.17) is 9.47 Å². The van der Waals surface area contributed by atoms with Crippen LogP contribution < -0.4 is 39.4 Å². The van der Waals surface area contributed by atoms with E-state index in [2.05, 4.69) is 0 Å². The smallest absolute Gasteiger partial charge is 0.547 e. The molecule has 1 fully saturated rings. The number of carboxylic acid groups (broad SMARTS) is 1. The van der Waals surface area contributed by atoms with Gasteiger partial charge in [0.05, 0.1) is 11.5 Å². The number of aliphatic hydroxyl groups is 3. The second-order valence-electron chi connectivity index (χ2n) is 8.05. The Labute approximate surface area is 222 Å². The molecular formula is C23H25F3NNaO7. The van der Waals surface area contributed by atoms with Crippen molar-refractivity contribution in [1.29, 1.82) is 0 Å². The minimum Gasteiger partial charge on any atom is -0.547 e. The number of carbonyl (C=O) groups is 1. The first-order valence-electron chi connectivity index (χ1n) is 10.5. The molecule has 12 heteroatoms. The van der Waals surface area contributed by atoms with Crippen molar-refractivity contribution in [3.8, 4) is 5.75 Å². The summed E-state index contributed by atoms with van der Waals surface area (Å²) >= 11 is 0. The first-order chi connectivity index (χ1) is 16.0. The van der Waals surface area contributed by atoms with E-state index in [0.717, 1.165) is 17.7 Å². The first-order valence-corrected chi connectivity index (χ1v) is 10.5. The molecule has 4 unspecified atom stereocenters. The van der Waals surface area contributed by atoms with Crippen LogP contribution in [-0.2, 0) is 15.7 Å². The van der Waals surface area contributed by atoms with E-state index in [0.29, 0.717) is 0 Å². The summed E-state index contributed by atoms with van der Waals surface area (Å²) in [5.74, 6) is -1.52. The van der Waals surface area contributed by atoms with Crippen LogP contribution in [0, 0.1) is 0 Å². The molecule has 186 valence electrons. The molecule has 1 aliphatic rings. The molecule has 3 N–H and O–H groups in total. The number of ether oxygens (including phenoxy) is 2. The fourth-order valence-electron chi connectivity index (χ4n) is 3.72. The summed E-state index contributed by atoms with van der Waals surface area (Å²) in [7, 11) is 1.52. The quantitative estimate of drug-likeness (QED) is 0.342. The molecule has 0 aliphatic carbocycles. The van der Waals surface area contributed by atoms with E-state index in [9.17, 15) is 38.4 Å². The van der Waals surface area contributed by atoms with Crippen LogP contribution in [0.2, 0.25) is 0 Å². The molecule has 1 heterocycles. The van der Waals surface area contributed by atoms with Crippen LogP contribution in [0.15, 0.2) is 54.6 Å². The fraction of sp³-hybridized carbons (Fsp3) is 0.435. The van der Waals surface area contributed by atoms with Crippen molar-refractivity contribution in [2.75, 3.05) is 13.6 Å². The van der Waals surface area contributed by atoms with Gasteiger partial charge in [-0.05, 0) is 36.9 Å². The van der Waals surface area contributed by atoms with Crippen LogP contribution in [0.4, 0.5) is 13.2 Å². The number of hydrogen-bond acceptors (Lipinski definition) is 8. The molecule has 0 amide bonds. The van der Waals surface area contributed by atoms with E-state index in [-0.39, 0.29) is 48.3 Å². The van der Waals surface area contributed by atoms with Crippen LogP contribution in [-0.4, -0.2) is 70.4 Å². The van der Waals surface area contributed by atoms with Crippen LogP contribution >= 0.6 is 0 Å². The van der Waals surface area contributed by atoms with Crippen molar-refractivity contribution in [2.24, 2.45) is 0 Å². The Morgan fingerprint density at radius 2 is 1.66 bits per heavy atom. The number of halogens is 3. The molecule has 0 radical (unpaired) electrons. The summed E-state index contributed by atoms with van der Waals surface area (Å²) in [6.45, 7) is 0.171. The molecule has 35 heavy (non-hydrogen) atoms. The number of nitrogens with zero attached hydrogens (tertiary/aromatic N) is 1. The van der Waals surface area contributed by atoms with E-state index in [1.807, 2.05) is 0 Å². The zero-order valence-corrected chi connectivity index (χ0v) is 21.1. The summed E-state index contributed by atoms with van der Waals surface area (Å²) in [5, 5.41) is 41.3. The van der Waals surface area contributed by atoms with Gasteiger partial charge in [-0.1, -0.05) is 30.3 Å². The van der Waals surface area contributed by atoms with Gasteiger partial charge in [-0.25, -0.2) is 0 Å². The van der Waals surface area contributed by atoms with Crippen LogP contribution in [0.3, 0.4) is 0 Å². The summed E-state index contributed by atoms with van der Waals surface area (Å²) < 4.78 is 49.7. The van der Waals surface area contributed by atoms with Gasteiger partial charge in [0.2, 0.25) is 0 Å². The van der Waals surface area contributed by atoms with E-state index in [1.165, 1.54) is 24.1 Å². The number of hydrogen-bond donors (Lipinski definition) is 3. The Bertz CT molecular complexity index is 948. The SMILES string of the molecule is CN(CCC(Oc1ccc(C(F)(F)F)cc1)c1ccccc1)[C@@H]1OC(C(=O)[O-])[C@H](O)C(O)C1O.[Na+]. The second-order valence-corrected chi connectivity index (χ2v) is 8.05. The molecule has 0 spiro atoms. The molecule has 2 aromatic rings. The molecule has 2 aromatic carbocycles. The number of alkyl halides is 3. The molecule has 0 saturated carbocycles. The molecular weight excluding hydrogens is 482 g/mol. The van der Waals surface area contributed by atoms with Gasteiger partial charge < -0.3 is 34.7 Å². The third-order valence-electron chi connectivity index (χ3n) is 5.63. The van der Waals surface area contributed by atoms with E-state index in [1.54, 1.807) is 30.3 Å². The number of aliphatic carboxylic acids is 1. The summed E-state index contributed by atoms with van der Waals surface area (Å²) in [5.41, 5.74) is -0.0634. The maximum atomic E-state index is 12.8. The first kappa shape index (κ1) is 29.5. The molecule has 0 aromatic heterocycles. The van der Waals surface area contributed by atoms with Crippen molar-refractivity contribution in [1.82, 2.24) is 4.90 Å². The minimum absolute atomic E-state index is 0. The second kappa shape index (κ2) is 12.5. The number of benzene rings is 2. The minimum atomic E-state index is -4.47. The van der Waals surface area contributed by atoms with Gasteiger partial charge in [-0.2, -0.15) is 13.2 Å². The van der Waals surface area contributed by atoms with E-state index < -0.39 is 54.5 Å². The Kier molecular flexibility index (Phi) is 10.6. The fourth-order valence-corrected chi connectivity index (χ4v) is 3.72. The monoisotopic (exact) mass is 507 g/mol. The number of carbonyl (C=O) groups excluding carboxylic acids is 1. The molecule has 6 atom stereocenters. The summed E-state index contributed by atoms with van der Waals surface area (Å²) in [6, 6.07) is 13.2. The van der Waals surface area contributed by atoms with E-state index >= 15 is 0 Å². The maximum absolute atomic E-state index is 12.8. The molecule has 8 nitrogen and oxygen atoms in total. The average molecular weight is 507 g/mol. The predicted octanol–water partition coefficient (Wildman–Crippen LogP) is -2.29. The normalized spacial score (nSPS) is 25.5. The molecule has 1 aliphatic heterocycles. The Morgan fingerprint density at radius 1 is 1.06 bits per heavy atom. The van der Waals surface area contributed by atoms with Gasteiger partial charge >= 0.3 is 35.7 Å². The molecule has 1 saturated heterocycles. The van der Waals surface area contributed by atoms with Gasteiger partial charge in [0.25, 0.3) is 0 Å². The van der Waals surface area contributed by atoms with Crippen molar-refractivity contribution >= 4 is 5.97 Å². The largest absolute Gasteiger partial charge is 1.00 e. The Hall–Kier alpha value is -1.70. The van der Waals surface area contributed by atoms with Gasteiger partial charge in [0, 0.05) is 13.0 Å². The van der Waals surface area contributed by atoms with Gasteiger partial charge in [-0.15, -0.1) is 0 Å². The average Bonchev–Trinajstić information content (AvgIpc) is 2.80. The Morgan fingerprint density at radius 3 is 2.20 bits per heavy atom. The van der Waals surface area contributed by atoms with Crippen LogP contribution in [0.1, 0.15) is 23.7 Å². The number of aliphatic hydroxyl groups excluding tert-OH is 3. The summed E-state index contributed by atoms with van der Waals surface area (Å²) in [6.07, 6.45) is -13.1. The molecule has 3 rings (SSSR count). The van der Waals surface area contributed by atoms with Crippen molar-refractivity contribution < 1.29 is 77.4 Å². The topological polar surface area (TPSA) is 123 Å².